The van der Waals surface area contributed by atoms with Gasteiger partial charge in [-0.05, 0) is 6.92 Å². The smallest absolute Gasteiger partial charge is 0.308 e. The minimum atomic E-state index is -0.591. The first kappa shape index (κ1) is 13.8. The van der Waals surface area contributed by atoms with E-state index in [1.807, 2.05) is 0 Å². The Morgan fingerprint density at radius 1 is 1.11 bits per heavy atom. The van der Waals surface area contributed by atoms with Gasteiger partial charge in [0.1, 0.15) is 11.3 Å². The second-order valence-corrected chi connectivity index (χ2v) is 3.49. The average molecular weight is 254 g/mol. The fraction of sp³-hybridized carbons (Fsp3) is 0.333. The molecule has 0 saturated heterocycles. The van der Waals surface area contributed by atoms with Crippen molar-refractivity contribution in [3.8, 4) is 23.0 Å². The largest absolute Gasteiger partial charge is 0.507 e. The molecule has 1 aromatic rings. The maximum Gasteiger partial charge on any atom is 0.308 e. The van der Waals surface area contributed by atoms with Gasteiger partial charge in [-0.2, -0.15) is 0 Å². The van der Waals surface area contributed by atoms with Gasteiger partial charge in [-0.15, -0.1) is 0 Å². The number of ether oxygens (including phenoxy) is 3. The normalized spacial score (nSPS) is 9.78. The van der Waals surface area contributed by atoms with Crippen molar-refractivity contribution in [3.63, 3.8) is 0 Å². The fourth-order valence-corrected chi connectivity index (χ4v) is 1.53. The topological polar surface area (TPSA) is 82.1 Å². The summed E-state index contributed by atoms with van der Waals surface area (Å²) >= 11 is 0. The summed E-state index contributed by atoms with van der Waals surface area (Å²) in [7, 11) is 2.64. The quantitative estimate of drug-likeness (QED) is 0.498. The van der Waals surface area contributed by atoms with Gasteiger partial charge in [0, 0.05) is 13.0 Å². The molecule has 0 radical (unpaired) electrons. The van der Waals surface area contributed by atoms with Gasteiger partial charge in [0.25, 0.3) is 0 Å². The molecule has 0 aliphatic heterocycles. The lowest BCUT2D eigenvalue weighted by molar-refractivity contribution is -0.132. The van der Waals surface area contributed by atoms with Crippen molar-refractivity contribution in [2.75, 3.05) is 14.2 Å². The van der Waals surface area contributed by atoms with Gasteiger partial charge in [0.05, 0.1) is 14.2 Å². The highest BCUT2D eigenvalue weighted by Gasteiger charge is 2.24. The molecule has 1 N–H and O–H groups in total. The molecule has 0 amide bonds. The molecule has 6 heteroatoms. The average Bonchev–Trinajstić information content (AvgIpc) is 2.28. The number of carbonyl (C=O) groups is 2. The van der Waals surface area contributed by atoms with Crippen LogP contribution in [0, 0.1) is 0 Å². The molecule has 0 aliphatic rings. The second-order valence-electron chi connectivity index (χ2n) is 3.49. The van der Waals surface area contributed by atoms with Crippen LogP contribution < -0.4 is 14.2 Å². The first-order valence-electron chi connectivity index (χ1n) is 5.09. The van der Waals surface area contributed by atoms with Crippen LogP contribution in [-0.4, -0.2) is 31.1 Å². The van der Waals surface area contributed by atoms with Crippen LogP contribution in [0.4, 0.5) is 0 Å². The van der Waals surface area contributed by atoms with E-state index in [0.29, 0.717) is 0 Å². The van der Waals surface area contributed by atoms with E-state index in [9.17, 15) is 14.7 Å². The summed E-state index contributed by atoms with van der Waals surface area (Å²) in [5.74, 6) is -1.27. The van der Waals surface area contributed by atoms with Crippen LogP contribution in [-0.2, 0) is 4.79 Å². The van der Waals surface area contributed by atoms with E-state index < -0.39 is 11.8 Å². The van der Waals surface area contributed by atoms with Crippen LogP contribution in [0.1, 0.15) is 24.2 Å². The highest BCUT2D eigenvalue weighted by molar-refractivity contribution is 6.01. The van der Waals surface area contributed by atoms with Crippen LogP contribution >= 0.6 is 0 Å². The van der Waals surface area contributed by atoms with Crippen molar-refractivity contribution in [3.05, 3.63) is 11.6 Å². The molecular weight excluding hydrogens is 240 g/mol. The predicted molar refractivity (Wildman–Crippen MR) is 62.5 cm³/mol. The van der Waals surface area contributed by atoms with E-state index in [2.05, 4.69) is 0 Å². The van der Waals surface area contributed by atoms with E-state index in [1.165, 1.54) is 34.1 Å². The number of benzene rings is 1. The zero-order valence-corrected chi connectivity index (χ0v) is 10.6. The van der Waals surface area contributed by atoms with Gasteiger partial charge in [0.15, 0.2) is 17.3 Å². The lowest BCUT2D eigenvalue weighted by Crippen LogP contribution is -2.08. The third kappa shape index (κ3) is 2.53. The number of phenolic OH excluding ortho intramolecular Hbond substituents is 1. The molecule has 0 saturated carbocycles. The Kier molecular flexibility index (Phi) is 4.14. The number of methoxy groups -OCH3 is 2. The SMILES string of the molecule is COc1cc(O)c(C(C)=O)c(OC)c1OC(C)=O. The fourth-order valence-electron chi connectivity index (χ4n) is 1.53. The highest BCUT2D eigenvalue weighted by Crippen LogP contribution is 2.45. The van der Waals surface area contributed by atoms with E-state index >= 15 is 0 Å². The maximum atomic E-state index is 11.5. The number of ketones is 1. The minimum absolute atomic E-state index is 0.0319. The Labute approximate surface area is 104 Å². The molecular formula is C12H14O6. The van der Waals surface area contributed by atoms with Crippen molar-refractivity contribution >= 4 is 11.8 Å². The van der Waals surface area contributed by atoms with Gasteiger partial charge in [-0.3, -0.25) is 9.59 Å². The molecule has 1 aromatic carbocycles. The van der Waals surface area contributed by atoms with Gasteiger partial charge >= 0.3 is 5.97 Å². The first-order valence-corrected chi connectivity index (χ1v) is 5.09. The van der Waals surface area contributed by atoms with E-state index in [-0.39, 0.29) is 28.6 Å². The molecule has 0 aliphatic carbocycles. The molecule has 18 heavy (non-hydrogen) atoms. The number of hydrogen-bond donors (Lipinski definition) is 1. The molecule has 0 bridgehead atoms. The van der Waals surface area contributed by atoms with Gasteiger partial charge < -0.3 is 19.3 Å². The van der Waals surface area contributed by atoms with Crippen LogP contribution in [0.15, 0.2) is 6.07 Å². The molecule has 0 fully saturated rings. The molecule has 0 atom stereocenters. The zero-order chi connectivity index (χ0) is 13.9. The number of Topliss-reactive ketones (excluding diaryl/α,β-unsaturated/α-hetero) is 1. The van der Waals surface area contributed by atoms with Crippen molar-refractivity contribution in [2.24, 2.45) is 0 Å². The number of esters is 1. The monoisotopic (exact) mass is 254 g/mol. The Bertz CT molecular complexity index is 492. The van der Waals surface area contributed by atoms with Crippen molar-refractivity contribution < 1.29 is 28.9 Å². The van der Waals surface area contributed by atoms with Crippen molar-refractivity contribution in [2.45, 2.75) is 13.8 Å². The van der Waals surface area contributed by atoms with Crippen LogP contribution in [0.2, 0.25) is 0 Å². The van der Waals surface area contributed by atoms with Crippen molar-refractivity contribution in [1.82, 2.24) is 0 Å². The van der Waals surface area contributed by atoms with E-state index in [0.717, 1.165) is 0 Å². The molecule has 0 spiro atoms. The third-order valence-electron chi connectivity index (χ3n) is 2.20. The first-order chi connectivity index (χ1) is 8.42. The highest BCUT2D eigenvalue weighted by atomic mass is 16.6. The molecule has 98 valence electrons. The number of phenols is 1. The number of rotatable bonds is 4. The Balaban J connectivity index is 3.58. The lowest BCUT2D eigenvalue weighted by Gasteiger charge is -2.15. The molecule has 0 heterocycles. The summed E-state index contributed by atoms with van der Waals surface area (Å²) in [5.41, 5.74) is -0.0606. The second kappa shape index (κ2) is 5.39. The third-order valence-corrected chi connectivity index (χ3v) is 2.20. The maximum absolute atomic E-state index is 11.5. The summed E-state index contributed by atoms with van der Waals surface area (Å²) < 4.78 is 15.0. The predicted octanol–water partition coefficient (Wildman–Crippen LogP) is 1.54. The molecule has 6 nitrogen and oxygen atoms in total. The summed E-state index contributed by atoms with van der Waals surface area (Å²) in [5, 5.41) is 9.74. The zero-order valence-electron chi connectivity index (χ0n) is 10.6. The van der Waals surface area contributed by atoms with Gasteiger partial charge in [-0.1, -0.05) is 0 Å². The Morgan fingerprint density at radius 3 is 2.11 bits per heavy atom. The summed E-state index contributed by atoms with van der Waals surface area (Å²) in [6.07, 6.45) is 0. The van der Waals surface area contributed by atoms with Gasteiger partial charge in [-0.25, -0.2) is 0 Å². The number of hydrogen-bond acceptors (Lipinski definition) is 6. The van der Waals surface area contributed by atoms with E-state index in [1.54, 1.807) is 0 Å². The van der Waals surface area contributed by atoms with Crippen molar-refractivity contribution in [1.29, 1.82) is 0 Å². The molecule has 0 unspecified atom stereocenters. The summed E-state index contributed by atoms with van der Waals surface area (Å²) in [6, 6.07) is 1.19. The van der Waals surface area contributed by atoms with Crippen LogP contribution in [0.3, 0.4) is 0 Å². The minimum Gasteiger partial charge on any atom is -0.507 e. The lowest BCUT2D eigenvalue weighted by atomic mass is 10.1. The number of aromatic hydroxyl groups is 1. The van der Waals surface area contributed by atoms with Crippen LogP contribution in [0.5, 0.6) is 23.0 Å². The summed E-state index contributed by atoms with van der Waals surface area (Å²) in [6.45, 7) is 2.47. The Morgan fingerprint density at radius 2 is 1.72 bits per heavy atom. The molecule has 0 aromatic heterocycles. The summed E-state index contributed by atoms with van der Waals surface area (Å²) in [4.78, 5) is 22.5. The molecule has 1 rings (SSSR count). The number of carbonyl (C=O) groups excluding carboxylic acids is 2. The van der Waals surface area contributed by atoms with Crippen LogP contribution in [0.25, 0.3) is 0 Å². The Hall–Kier alpha value is -2.24. The van der Waals surface area contributed by atoms with E-state index in [4.69, 9.17) is 14.2 Å². The standard InChI is InChI=1S/C12H14O6/c1-6(13)10-8(15)5-9(16-3)11(12(10)17-4)18-7(2)14/h5,15H,1-4H3. The van der Waals surface area contributed by atoms with Gasteiger partial charge in [0.2, 0.25) is 5.75 Å².